The molecule has 0 atom stereocenters. The van der Waals surface area contributed by atoms with Crippen LogP contribution in [0.4, 0.5) is 0 Å². The number of benzene rings is 1. The maximum absolute atomic E-state index is 12.9. The fraction of sp³-hybridized carbons (Fsp3) is 0.238. The highest BCUT2D eigenvalue weighted by molar-refractivity contribution is 7.15. The van der Waals surface area contributed by atoms with Crippen LogP contribution in [0.15, 0.2) is 40.2 Å². The largest absolute Gasteiger partial charge is 0.349 e. The van der Waals surface area contributed by atoms with Crippen LogP contribution < -0.4 is 16.3 Å². The smallest absolute Gasteiger partial charge is 0.281 e. The summed E-state index contributed by atoms with van der Waals surface area (Å²) in [5.74, 6) is -0.717. The standard InChI is InChI=1S/C21H21Cl2N5O3S/c1-10(2)24-19(29)16-7-8-17(32-16)20(30)26-25-11(3)18-12(4)27-28(21(18)31)13-5-6-14(22)15(23)9-13/h5-10,27H,1-4H3,(H,24,29)(H,26,30). The normalized spacial score (nSPS) is 11.7. The molecule has 2 aromatic heterocycles. The Morgan fingerprint density at radius 3 is 2.38 bits per heavy atom. The molecule has 0 fully saturated rings. The van der Waals surface area contributed by atoms with E-state index in [2.05, 4.69) is 20.9 Å². The molecule has 1 aromatic carbocycles. The number of aromatic nitrogens is 2. The molecule has 0 aliphatic rings. The second-order valence-electron chi connectivity index (χ2n) is 7.28. The Bertz CT molecular complexity index is 1270. The van der Waals surface area contributed by atoms with Crippen molar-refractivity contribution in [2.24, 2.45) is 5.10 Å². The number of H-pyrrole nitrogens is 1. The van der Waals surface area contributed by atoms with Crippen molar-refractivity contribution >= 4 is 52.1 Å². The van der Waals surface area contributed by atoms with E-state index in [9.17, 15) is 14.4 Å². The fourth-order valence-electron chi connectivity index (χ4n) is 2.94. The lowest BCUT2D eigenvalue weighted by atomic mass is 10.2. The quantitative estimate of drug-likeness (QED) is 0.354. The second-order valence-corrected chi connectivity index (χ2v) is 9.18. The van der Waals surface area contributed by atoms with Gasteiger partial charge in [0.2, 0.25) is 0 Å². The molecule has 0 saturated heterocycles. The summed E-state index contributed by atoms with van der Waals surface area (Å²) >= 11 is 13.1. The van der Waals surface area contributed by atoms with Crippen LogP contribution >= 0.6 is 34.5 Å². The van der Waals surface area contributed by atoms with E-state index in [0.717, 1.165) is 11.3 Å². The molecule has 3 N–H and O–H groups in total. The van der Waals surface area contributed by atoms with E-state index in [1.165, 1.54) is 4.68 Å². The molecule has 0 unspecified atom stereocenters. The van der Waals surface area contributed by atoms with E-state index >= 15 is 0 Å². The Balaban J connectivity index is 1.79. The van der Waals surface area contributed by atoms with Crippen LogP contribution in [0.2, 0.25) is 10.0 Å². The predicted molar refractivity (Wildman–Crippen MR) is 128 cm³/mol. The number of thiophene rings is 1. The molecule has 168 valence electrons. The van der Waals surface area contributed by atoms with Crippen molar-refractivity contribution in [3.8, 4) is 5.69 Å². The first-order chi connectivity index (χ1) is 15.1. The third-order valence-electron chi connectivity index (χ3n) is 4.39. The Labute approximate surface area is 198 Å². The molecule has 0 aliphatic heterocycles. The number of halogens is 2. The van der Waals surface area contributed by atoms with Crippen molar-refractivity contribution in [3.05, 3.63) is 71.7 Å². The fourth-order valence-corrected chi connectivity index (χ4v) is 4.03. The molecule has 3 rings (SSSR count). The third-order valence-corrected chi connectivity index (χ3v) is 6.21. The molecule has 3 aromatic rings. The molecule has 11 heteroatoms. The molecule has 2 heterocycles. The van der Waals surface area contributed by atoms with Gasteiger partial charge in [-0.3, -0.25) is 19.5 Å². The number of hydrogen-bond acceptors (Lipinski definition) is 5. The highest BCUT2D eigenvalue weighted by atomic mass is 35.5. The molecule has 0 spiro atoms. The molecule has 0 saturated carbocycles. The number of carbonyl (C=O) groups excluding carboxylic acids is 2. The zero-order valence-electron chi connectivity index (χ0n) is 17.7. The Kier molecular flexibility index (Phi) is 7.22. The van der Waals surface area contributed by atoms with Crippen LogP contribution in [-0.2, 0) is 0 Å². The molecule has 32 heavy (non-hydrogen) atoms. The van der Waals surface area contributed by atoms with E-state index in [1.807, 2.05) is 13.8 Å². The number of nitrogens with one attached hydrogen (secondary N) is 3. The van der Waals surface area contributed by atoms with Crippen LogP contribution in [-0.4, -0.2) is 33.3 Å². The SMILES string of the molecule is CC(=NNC(=O)c1ccc(C(=O)NC(C)C)s1)c1c(C)[nH]n(-c2ccc(Cl)c(Cl)c2)c1=O. The zero-order valence-corrected chi connectivity index (χ0v) is 20.1. The molecule has 0 aliphatic carbocycles. The Hall–Kier alpha value is -2.88. The van der Waals surface area contributed by atoms with Gasteiger partial charge in [-0.25, -0.2) is 10.1 Å². The summed E-state index contributed by atoms with van der Waals surface area (Å²) in [6.07, 6.45) is 0. The zero-order chi connectivity index (χ0) is 23.6. The van der Waals surface area contributed by atoms with E-state index < -0.39 is 5.91 Å². The number of aryl methyl sites for hydroxylation is 1. The van der Waals surface area contributed by atoms with Gasteiger partial charge in [0.05, 0.1) is 36.8 Å². The minimum Gasteiger partial charge on any atom is -0.349 e. The first-order valence-corrected chi connectivity index (χ1v) is 11.2. The van der Waals surface area contributed by atoms with Gasteiger partial charge >= 0.3 is 0 Å². The van der Waals surface area contributed by atoms with Gasteiger partial charge in [0.25, 0.3) is 17.4 Å². The van der Waals surface area contributed by atoms with Crippen LogP contribution in [0, 0.1) is 6.92 Å². The summed E-state index contributed by atoms with van der Waals surface area (Å²) in [5.41, 5.74) is 3.82. The summed E-state index contributed by atoms with van der Waals surface area (Å²) in [6, 6.07) is 7.96. The average molecular weight is 494 g/mol. The van der Waals surface area contributed by atoms with E-state index in [1.54, 1.807) is 44.2 Å². The third kappa shape index (κ3) is 5.12. The van der Waals surface area contributed by atoms with Crippen molar-refractivity contribution in [2.75, 3.05) is 0 Å². The van der Waals surface area contributed by atoms with Gasteiger partial charge in [-0.15, -0.1) is 11.3 Å². The Morgan fingerprint density at radius 2 is 1.75 bits per heavy atom. The maximum Gasteiger partial charge on any atom is 0.281 e. The van der Waals surface area contributed by atoms with Crippen LogP contribution in [0.25, 0.3) is 5.69 Å². The van der Waals surface area contributed by atoms with Crippen LogP contribution in [0.3, 0.4) is 0 Å². The monoisotopic (exact) mass is 493 g/mol. The van der Waals surface area contributed by atoms with Gasteiger partial charge in [-0.1, -0.05) is 23.2 Å². The lowest BCUT2D eigenvalue weighted by Gasteiger charge is -2.05. The number of aromatic amines is 1. The van der Waals surface area contributed by atoms with Crippen molar-refractivity contribution in [1.82, 2.24) is 20.5 Å². The van der Waals surface area contributed by atoms with Crippen LogP contribution in [0.5, 0.6) is 0 Å². The van der Waals surface area contributed by atoms with Crippen molar-refractivity contribution in [3.63, 3.8) is 0 Å². The molecular formula is C21H21Cl2N5O3S. The van der Waals surface area contributed by atoms with Crippen molar-refractivity contribution < 1.29 is 9.59 Å². The summed E-state index contributed by atoms with van der Waals surface area (Å²) in [6.45, 7) is 7.06. The summed E-state index contributed by atoms with van der Waals surface area (Å²) in [4.78, 5) is 38.2. The summed E-state index contributed by atoms with van der Waals surface area (Å²) in [5, 5.41) is 10.5. The molecular weight excluding hydrogens is 473 g/mol. The lowest BCUT2D eigenvalue weighted by Crippen LogP contribution is -2.29. The first kappa shape index (κ1) is 23.8. The number of hydrazone groups is 1. The van der Waals surface area contributed by atoms with Gasteiger partial charge in [0.15, 0.2) is 0 Å². The lowest BCUT2D eigenvalue weighted by molar-refractivity contribution is 0.0944. The minimum atomic E-state index is -0.476. The summed E-state index contributed by atoms with van der Waals surface area (Å²) < 4.78 is 1.33. The van der Waals surface area contributed by atoms with Gasteiger partial charge in [-0.05, 0) is 58.0 Å². The van der Waals surface area contributed by atoms with E-state index in [0.29, 0.717) is 42.5 Å². The molecule has 0 radical (unpaired) electrons. The van der Waals surface area contributed by atoms with Gasteiger partial charge in [-0.2, -0.15) is 5.10 Å². The summed E-state index contributed by atoms with van der Waals surface area (Å²) in [7, 11) is 0. The van der Waals surface area contributed by atoms with Crippen LogP contribution in [0.1, 0.15) is 51.4 Å². The minimum absolute atomic E-state index is 0.00772. The number of carbonyl (C=O) groups is 2. The maximum atomic E-state index is 12.9. The number of nitrogens with zero attached hydrogens (tertiary/aromatic N) is 2. The van der Waals surface area contributed by atoms with Gasteiger partial charge in [0.1, 0.15) is 0 Å². The topological polar surface area (TPSA) is 108 Å². The highest BCUT2D eigenvalue weighted by Crippen LogP contribution is 2.24. The van der Waals surface area contributed by atoms with E-state index in [4.69, 9.17) is 23.2 Å². The van der Waals surface area contributed by atoms with Gasteiger partial charge < -0.3 is 5.32 Å². The number of rotatable bonds is 6. The first-order valence-electron chi connectivity index (χ1n) is 9.61. The van der Waals surface area contributed by atoms with Crippen molar-refractivity contribution in [1.29, 1.82) is 0 Å². The number of hydrogen-bond donors (Lipinski definition) is 3. The molecule has 2 amide bonds. The Morgan fingerprint density at radius 1 is 1.09 bits per heavy atom. The molecule has 8 nitrogen and oxygen atoms in total. The molecule has 0 bridgehead atoms. The average Bonchev–Trinajstić information content (AvgIpc) is 3.33. The van der Waals surface area contributed by atoms with E-state index in [-0.39, 0.29) is 17.5 Å². The highest BCUT2D eigenvalue weighted by Gasteiger charge is 2.17. The van der Waals surface area contributed by atoms with Gasteiger partial charge in [0, 0.05) is 11.7 Å². The second kappa shape index (κ2) is 9.72. The number of amides is 2. The predicted octanol–water partition coefficient (Wildman–Crippen LogP) is 4.13. The van der Waals surface area contributed by atoms with Crippen molar-refractivity contribution in [2.45, 2.75) is 33.7 Å².